The number of Topliss-reactive ketones (excluding diaryl/α,β-unsaturated/α-hetero) is 2. The van der Waals surface area contributed by atoms with Crippen LogP contribution in [0.25, 0.3) is 0 Å². The molecule has 9 atom stereocenters. The number of esters is 1. The van der Waals surface area contributed by atoms with Crippen molar-refractivity contribution >= 4 is 58.8 Å². The Balaban J connectivity index is 0.00000702. The van der Waals surface area contributed by atoms with Gasteiger partial charge in [0, 0.05) is 91.4 Å². The maximum absolute atomic E-state index is 13.9. The number of aromatic hydroxyl groups is 1. The number of phenolic OH excluding ortho intramolecular Hbond substituents is 1. The maximum atomic E-state index is 13.9. The molecule has 1 aliphatic carbocycles. The third-order valence-electron chi connectivity index (χ3n) is 9.80. The summed E-state index contributed by atoms with van der Waals surface area (Å²) in [4.78, 5) is 66.2. The molecule has 5 bridgehead atoms. The van der Waals surface area contributed by atoms with Crippen molar-refractivity contribution in [2.75, 3.05) is 7.11 Å². The topological polar surface area (TPSA) is 195 Å². The minimum Gasteiger partial charge on any atom is -0.507 e. The minimum atomic E-state index is -2.03. The molecule has 3 aliphatic heterocycles. The molecule has 51 heavy (non-hydrogen) atoms. The molecule has 0 unspecified atom stereocenters. The first-order valence-electron chi connectivity index (χ1n) is 16.4. The number of carbonyl (C=O) groups is 5. The molecule has 1 aromatic rings. The second kappa shape index (κ2) is 16.4. The van der Waals surface area contributed by atoms with E-state index in [0.717, 1.165) is 12.3 Å². The minimum absolute atomic E-state index is 0. The third-order valence-corrected chi connectivity index (χ3v) is 9.80. The first-order chi connectivity index (χ1) is 23.4. The number of hydrogen-bond acceptors (Lipinski definition) is 12. The summed E-state index contributed by atoms with van der Waals surface area (Å²) in [6.07, 6.45) is 4.31. The van der Waals surface area contributed by atoms with Crippen LogP contribution in [0.4, 0.5) is 0 Å². The van der Waals surface area contributed by atoms with Crippen LogP contribution in [-0.2, 0) is 23.8 Å². The van der Waals surface area contributed by atoms with Crippen molar-refractivity contribution in [2.45, 2.75) is 85.6 Å². The van der Waals surface area contributed by atoms with E-state index in [1.54, 1.807) is 39.8 Å². The van der Waals surface area contributed by atoms with Crippen molar-refractivity contribution in [1.82, 2.24) is 5.32 Å². The largest absolute Gasteiger partial charge is 0.507 e. The molecule has 1 radical (unpaired) electrons. The van der Waals surface area contributed by atoms with Gasteiger partial charge in [-0.15, -0.1) is 0 Å². The fourth-order valence-electron chi connectivity index (χ4n) is 6.62. The van der Waals surface area contributed by atoms with Gasteiger partial charge in [-0.2, -0.15) is 0 Å². The second-order valence-electron chi connectivity index (χ2n) is 13.4. The van der Waals surface area contributed by atoms with E-state index in [4.69, 9.17) is 18.9 Å². The number of aliphatic hydroxyl groups excluding tert-OH is 2. The monoisotopic (exact) mass is 718 g/mol. The number of ketones is 3. The first-order valence-corrected chi connectivity index (χ1v) is 16.4. The molecule has 14 heteroatoms. The summed E-state index contributed by atoms with van der Waals surface area (Å²) in [6, 6.07) is 0. The molecule has 5 rings (SSSR count). The summed E-state index contributed by atoms with van der Waals surface area (Å²) in [5.41, 5.74) is -1.31. The van der Waals surface area contributed by atoms with Crippen molar-refractivity contribution in [1.29, 1.82) is 0 Å². The zero-order valence-corrected chi connectivity index (χ0v) is 32.6. The van der Waals surface area contributed by atoms with Gasteiger partial charge in [0.25, 0.3) is 11.7 Å². The second-order valence-corrected chi connectivity index (χ2v) is 13.4. The fraction of sp³-hybridized carbons (Fsp3) is 0.486. The Morgan fingerprint density at radius 1 is 0.941 bits per heavy atom. The molecule has 3 heterocycles. The van der Waals surface area contributed by atoms with Gasteiger partial charge in [0.2, 0.25) is 5.78 Å². The van der Waals surface area contributed by atoms with Crippen LogP contribution in [0.2, 0.25) is 0 Å². The Morgan fingerprint density at radius 3 is 2.20 bits per heavy atom. The summed E-state index contributed by atoms with van der Waals surface area (Å²) in [5, 5.41) is 36.1. The van der Waals surface area contributed by atoms with E-state index in [2.05, 4.69) is 5.32 Å². The quantitative estimate of drug-likeness (QED) is 0.258. The number of aliphatic hydroxyl groups is 2. The molecule has 1 aromatic carbocycles. The summed E-state index contributed by atoms with van der Waals surface area (Å²) in [7, 11) is 1.42. The van der Waals surface area contributed by atoms with Gasteiger partial charge in [-0.1, -0.05) is 45.9 Å². The van der Waals surface area contributed by atoms with Crippen LogP contribution < -0.4 is 10.1 Å². The number of fused-ring (bicyclic) bond motifs is 14. The standard InChI is InChI=1S/C37H45NO12.Na/c1-16-11-10-12-17(2)36(46)38-23-15-24(40)26-27(32(23)44)31(43)21(6)34-28(26)35(45)37(8,50-34)48-14-13-25(47-9)18(3)33(49-22(7)39)20(5)30(42)19(4)29(16)41;/h10-16,18-20,25,29-30,33,41-43H,1-9H3,(H,38,46);/b11-10+,14-13+,17-12-;/t16-,18-,19+,20-,25-,29-,30+,33+,37-;/m0./s1. The van der Waals surface area contributed by atoms with Crippen molar-refractivity contribution in [3.05, 3.63) is 70.2 Å². The van der Waals surface area contributed by atoms with E-state index >= 15 is 0 Å². The summed E-state index contributed by atoms with van der Waals surface area (Å²) in [6.45, 7) is 12.3. The van der Waals surface area contributed by atoms with Crippen LogP contribution in [0, 0.1) is 30.6 Å². The molecule has 0 saturated carbocycles. The van der Waals surface area contributed by atoms with E-state index in [9.17, 15) is 39.3 Å². The van der Waals surface area contributed by atoms with E-state index in [1.807, 2.05) is 0 Å². The number of amides is 1. The van der Waals surface area contributed by atoms with E-state index in [1.165, 1.54) is 47.0 Å². The van der Waals surface area contributed by atoms with Gasteiger partial charge in [0.1, 0.15) is 17.6 Å². The van der Waals surface area contributed by atoms with Crippen LogP contribution in [0.3, 0.4) is 0 Å². The number of phenols is 1. The zero-order chi connectivity index (χ0) is 37.4. The van der Waals surface area contributed by atoms with Crippen LogP contribution in [-0.4, -0.2) is 111 Å². The number of nitrogens with one attached hydrogen (secondary N) is 1. The number of carbonyl (C=O) groups excluding carboxylic acids is 5. The van der Waals surface area contributed by atoms with Crippen LogP contribution >= 0.6 is 0 Å². The number of rotatable bonds is 2. The molecule has 271 valence electrons. The van der Waals surface area contributed by atoms with Crippen molar-refractivity contribution < 1.29 is 58.2 Å². The molecule has 4 aliphatic rings. The normalized spacial score (nSPS) is 33.8. The maximum Gasteiger partial charge on any atom is 0.312 e. The van der Waals surface area contributed by atoms with E-state index < -0.39 is 100 Å². The van der Waals surface area contributed by atoms with Crippen LogP contribution in [0.1, 0.15) is 85.1 Å². The van der Waals surface area contributed by atoms with Gasteiger partial charge >= 0.3 is 11.8 Å². The average molecular weight is 719 g/mol. The Bertz CT molecular complexity index is 1730. The Morgan fingerprint density at radius 2 is 1.59 bits per heavy atom. The van der Waals surface area contributed by atoms with Gasteiger partial charge in [-0.05, 0) is 19.9 Å². The predicted molar refractivity (Wildman–Crippen MR) is 185 cm³/mol. The average Bonchev–Trinajstić information content (AvgIpc) is 3.33. The molecule has 1 amide bonds. The molecule has 0 spiro atoms. The first kappa shape index (κ1) is 41.8. The van der Waals surface area contributed by atoms with Crippen molar-refractivity contribution in [2.24, 2.45) is 23.7 Å². The Kier molecular flexibility index (Phi) is 13.4. The number of methoxy groups -OCH3 is 1. The number of ether oxygens (including phenoxy) is 4. The summed E-state index contributed by atoms with van der Waals surface area (Å²) in [5.74, 6) is -8.99. The Hall–Kier alpha value is -3.59. The summed E-state index contributed by atoms with van der Waals surface area (Å²) < 4.78 is 23.1. The molecule has 0 saturated heterocycles. The molecule has 0 aromatic heterocycles. The molecule has 13 nitrogen and oxygen atoms in total. The zero-order valence-electron chi connectivity index (χ0n) is 30.6. The van der Waals surface area contributed by atoms with E-state index in [0.29, 0.717) is 0 Å². The van der Waals surface area contributed by atoms with Crippen LogP contribution in [0.5, 0.6) is 11.5 Å². The smallest absolute Gasteiger partial charge is 0.312 e. The molecular formula is C37H45NNaO12. The Labute approximate surface area is 319 Å². The molecule has 4 N–H and O–H groups in total. The van der Waals surface area contributed by atoms with E-state index in [-0.39, 0.29) is 57.6 Å². The van der Waals surface area contributed by atoms with Gasteiger partial charge in [-0.25, -0.2) is 0 Å². The number of hydrogen-bond donors (Lipinski definition) is 4. The van der Waals surface area contributed by atoms with Crippen molar-refractivity contribution in [3.8, 4) is 11.5 Å². The van der Waals surface area contributed by atoms with Gasteiger partial charge < -0.3 is 39.6 Å². The third kappa shape index (κ3) is 8.08. The number of allylic oxidation sites excluding steroid dienone is 4. The SMILES string of the molecule is CO[C@H]1/C=C/O[C@@]2(C)Oc3c(C)c(O)c4c(c3C2=O)C(=O)C=C(NC(=O)/C(C)=C\C=C\[C@H](C)[C@H](O)[C@@H](C)[C@@H](O)[C@H](C)[C@H](OC(C)=O)[C@H]1C)C4=O.[Na]. The molecule has 0 fully saturated rings. The van der Waals surface area contributed by atoms with Gasteiger partial charge in [0.05, 0.1) is 47.0 Å². The van der Waals surface area contributed by atoms with Gasteiger partial charge in [-0.3, -0.25) is 24.0 Å². The predicted octanol–water partition coefficient (Wildman–Crippen LogP) is 3.25. The van der Waals surface area contributed by atoms with Crippen molar-refractivity contribution in [3.63, 3.8) is 0 Å². The summed E-state index contributed by atoms with van der Waals surface area (Å²) >= 11 is 0. The number of benzene rings is 1. The fourth-order valence-corrected chi connectivity index (χ4v) is 6.62. The molecular weight excluding hydrogens is 673 g/mol. The van der Waals surface area contributed by atoms with Gasteiger partial charge in [0.15, 0.2) is 5.78 Å². The van der Waals surface area contributed by atoms with Crippen LogP contribution in [0.15, 0.2) is 47.9 Å².